The lowest BCUT2D eigenvalue weighted by atomic mass is 10.2. The van der Waals surface area contributed by atoms with Gasteiger partial charge >= 0.3 is 0 Å². The monoisotopic (exact) mass is 387 g/mol. The van der Waals surface area contributed by atoms with Gasteiger partial charge in [0.05, 0.1) is 17.6 Å². The molecule has 2 aliphatic heterocycles. The lowest BCUT2D eigenvalue weighted by Gasteiger charge is -2.35. The molecule has 5 nitrogen and oxygen atoms in total. The van der Waals surface area contributed by atoms with Gasteiger partial charge in [-0.15, -0.1) is 0 Å². The van der Waals surface area contributed by atoms with Crippen molar-refractivity contribution in [2.75, 3.05) is 36.0 Å². The van der Waals surface area contributed by atoms with Crippen LogP contribution < -0.4 is 9.80 Å². The van der Waals surface area contributed by atoms with Gasteiger partial charge in [0.25, 0.3) is 5.91 Å². The summed E-state index contributed by atoms with van der Waals surface area (Å²) in [6, 6.07) is 11.9. The van der Waals surface area contributed by atoms with Crippen molar-refractivity contribution in [1.29, 1.82) is 0 Å². The number of benzene rings is 1. The van der Waals surface area contributed by atoms with Crippen molar-refractivity contribution in [3.63, 3.8) is 0 Å². The number of amides is 1. The van der Waals surface area contributed by atoms with E-state index < -0.39 is 6.10 Å². The smallest absolute Gasteiger partial charge is 0.257 e. The maximum atomic E-state index is 13.0. The molecular weight excluding hydrogens is 370 g/mol. The highest BCUT2D eigenvalue weighted by molar-refractivity contribution is 9.10. The number of ether oxygens (including phenoxy) is 1. The summed E-state index contributed by atoms with van der Waals surface area (Å²) in [7, 11) is 0. The number of nitrogens with zero attached hydrogens (tertiary/aromatic N) is 3. The third-order valence-corrected chi connectivity index (χ3v) is 5.15. The molecule has 1 aromatic carbocycles. The minimum atomic E-state index is -0.459. The maximum absolute atomic E-state index is 13.0. The Morgan fingerprint density at radius 1 is 1.21 bits per heavy atom. The van der Waals surface area contributed by atoms with Gasteiger partial charge < -0.3 is 14.5 Å². The van der Waals surface area contributed by atoms with E-state index in [1.54, 1.807) is 6.20 Å². The van der Waals surface area contributed by atoms with E-state index >= 15 is 0 Å². The van der Waals surface area contributed by atoms with E-state index in [1.165, 1.54) is 5.56 Å². The molecule has 6 heteroatoms. The molecule has 1 saturated heterocycles. The summed E-state index contributed by atoms with van der Waals surface area (Å²) in [6.45, 7) is 2.50. The van der Waals surface area contributed by atoms with Crippen LogP contribution in [0.25, 0.3) is 0 Å². The van der Waals surface area contributed by atoms with Crippen LogP contribution in [-0.4, -0.2) is 43.2 Å². The second-order valence-corrected chi connectivity index (χ2v) is 6.84. The SMILES string of the molecule is O=C(C1CN(c2ncccc2Br)CCO1)N1CCc2ccccc21. The molecule has 0 radical (unpaired) electrons. The molecule has 0 N–H and O–H groups in total. The minimum absolute atomic E-state index is 0.0386. The van der Waals surface area contributed by atoms with E-state index in [1.807, 2.05) is 35.2 Å². The Morgan fingerprint density at radius 2 is 2.08 bits per heavy atom. The van der Waals surface area contributed by atoms with Crippen LogP contribution >= 0.6 is 15.9 Å². The van der Waals surface area contributed by atoms with Crippen LogP contribution in [0, 0.1) is 0 Å². The average Bonchev–Trinajstić information content (AvgIpc) is 3.06. The van der Waals surface area contributed by atoms with Crippen molar-refractivity contribution < 1.29 is 9.53 Å². The van der Waals surface area contributed by atoms with Gasteiger partial charge in [-0.05, 0) is 46.1 Å². The molecule has 1 amide bonds. The highest BCUT2D eigenvalue weighted by atomic mass is 79.9. The minimum Gasteiger partial charge on any atom is -0.365 e. The zero-order chi connectivity index (χ0) is 16.5. The molecule has 0 spiro atoms. The second-order valence-electron chi connectivity index (χ2n) is 5.98. The van der Waals surface area contributed by atoms with Gasteiger partial charge in [-0.2, -0.15) is 0 Å². The Balaban J connectivity index is 1.53. The number of carbonyl (C=O) groups is 1. The number of hydrogen-bond donors (Lipinski definition) is 0. The van der Waals surface area contributed by atoms with Crippen LogP contribution in [0.4, 0.5) is 11.5 Å². The molecule has 124 valence electrons. The number of anilines is 2. The molecule has 2 aliphatic rings. The molecule has 0 bridgehead atoms. The Bertz CT molecular complexity index is 767. The number of aromatic nitrogens is 1. The highest BCUT2D eigenvalue weighted by Crippen LogP contribution is 2.30. The molecular formula is C18H18BrN3O2. The lowest BCUT2D eigenvalue weighted by Crippen LogP contribution is -2.51. The number of halogens is 1. The first kappa shape index (κ1) is 15.6. The quantitative estimate of drug-likeness (QED) is 0.794. The van der Waals surface area contributed by atoms with E-state index in [4.69, 9.17) is 4.74 Å². The van der Waals surface area contributed by atoms with E-state index in [0.29, 0.717) is 13.2 Å². The Labute approximate surface area is 149 Å². The summed E-state index contributed by atoms with van der Waals surface area (Å²) in [5.74, 6) is 0.900. The van der Waals surface area contributed by atoms with Crippen LogP contribution in [0.15, 0.2) is 47.1 Å². The number of fused-ring (bicyclic) bond motifs is 1. The highest BCUT2D eigenvalue weighted by Gasteiger charge is 2.34. The van der Waals surface area contributed by atoms with Crippen molar-refractivity contribution in [2.45, 2.75) is 12.5 Å². The number of pyridine rings is 1. The summed E-state index contributed by atoms with van der Waals surface area (Å²) >= 11 is 3.54. The van der Waals surface area contributed by atoms with Gasteiger partial charge in [-0.1, -0.05) is 18.2 Å². The van der Waals surface area contributed by atoms with Crippen molar-refractivity contribution in [1.82, 2.24) is 4.98 Å². The third kappa shape index (κ3) is 2.80. The maximum Gasteiger partial charge on any atom is 0.257 e. The average molecular weight is 388 g/mol. The van der Waals surface area contributed by atoms with Crippen LogP contribution in [0.3, 0.4) is 0 Å². The lowest BCUT2D eigenvalue weighted by molar-refractivity contribution is -0.130. The van der Waals surface area contributed by atoms with Crippen LogP contribution in [0.5, 0.6) is 0 Å². The molecule has 1 aromatic heterocycles. The molecule has 2 aromatic rings. The van der Waals surface area contributed by atoms with Gasteiger partial charge in [0.15, 0.2) is 6.10 Å². The summed E-state index contributed by atoms with van der Waals surface area (Å²) in [6.07, 6.45) is 2.21. The van der Waals surface area contributed by atoms with Gasteiger partial charge in [-0.25, -0.2) is 4.98 Å². The standard InChI is InChI=1S/C18H18BrN3O2/c19-14-5-3-8-20-17(14)21-10-11-24-16(12-21)18(23)22-9-7-13-4-1-2-6-15(13)22/h1-6,8,16H,7,9-12H2. The molecule has 4 rings (SSSR count). The van der Waals surface area contributed by atoms with Crippen molar-refractivity contribution in [3.05, 3.63) is 52.6 Å². The van der Waals surface area contributed by atoms with Crippen molar-refractivity contribution in [2.24, 2.45) is 0 Å². The van der Waals surface area contributed by atoms with E-state index in [9.17, 15) is 4.79 Å². The van der Waals surface area contributed by atoms with Gasteiger partial charge in [0.1, 0.15) is 5.82 Å². The Hall–Kier alpha value is -1.92. The summed E-state index contributed by atoms with van der Waals surface area (Å²) in [4.78, 5) is 21.4. The van der Waals surface area contributed by atoms with Crippen molar-refractivity contribution >= 4 is 33.3 Å². The first-order valence-electron chi connectivity index (χ1n) is 8.10. The zero-order valence-electron chi connectivity index (χ0n) is 13.2. The van der Waals surface area contributed by atoms with Crippen LogP contribution in [0.2, 0.25) is 0 Å². The van der Waals surface area contributed by atoms with Crippen molar-refractivity contribution in [3.8, 4) is 0 Å². The number of morpholine rings is 1. The molecule has 0 aliphatic carbocycles. The molecule has 24 heavy (non-hydrogen) atoms. The number of hydrogen-bond acceptors (Lipinski definition) is 4. The number of rotatable bonds is 2. The molecule has 1 unspecified atom stereocenters. The fourth-order valence-electron chi connectivity index (χ4n) is 3.34. The summed E-state index contributed by atoms with van der Waals surface area (Å²) < 4.78 is 6.72. The second kappa shape index (κ2) is 6.53. The molecule has 1 atom stereocenters. The summed E-state index contributed by atoms with van der Waals surface area (Å²) in [5.41, 5.74) is 2.24. The van der Waals surface area contributed by atoms with E-state index in [-0.39, 0.29) is 5.91 Å². The van der Waals surface area contributed by atoms with E-state index in [2.05, 4.69) is 31.9 Å². The van der Waals surface area contributed by atoms with Crippen LogP contribution in [0.1, 0.15) is 5.56 Å². The first-order valence-corrected chi connectivity index (χ1v) is 8.89. The normalized spacial score (nSPS) is 20.1. The fourth-order valence-corrected chi connectivity index (χ4v) is 3.85. The predicted octanol–water partition coefficient (Wildman–Crippen LogP) is 2.64. The third-order valence-electron chi connectivity index (χ3n) is 4.53. The van der Waals surface area contributed by atoms with Gasteiger partial charge in [0, 0.05) is 25.0 Å². The van der Waals surface area contributed by atoms with Gasteiger partial charge in [0.2, 0.25) is 0 Å². The Kier molecular flexibility index (Phi) is 4.24. The first-order chi connectivity index (χ1) is 11.7. The number of carbonyl (C=O) groups excluding carboxylic acids is 1. The Morgan fingerprint density at radius 3 is 2.96 bits per heavy atom. The number of para-hydroxylation sites is 1. The largest absolute Gasteiger partial charge is 0.365 e. The molecule has 3 heterocycles. The molecule has 0 saturated carbocycles. The van der Waals surface area contributed by atoms with Gasteiger partial charge in [-0.3, -0.25) is 4.79 Å². The predicted molar refractivity (Wildman–Crippen MR) is 96.4 cm³/mol. The van der Waals surface area contributed by atoms with Crippen LogP contribution in [-0.2, 0) is 16.0 Å². The topological polar surface area (TPSA) is 45.7 Å². The fraction of sp³-hybridized carbons (Fsp3) is 0.333. The van der Waals surface area contributed by atoms with E-state index in [0.717, 1.165) is 35.5 Å². The summed E-state index contributed by atoms with van der Waals surface area (Å²) in [5, 5.41) is 0. The zero-order valence-corrected chi connectivity index (χ0v) is 14.8. The molecule has 1 fully saturated rings.